The zero-order valence-corrected chi connectivity index (χ0v) is 6.99. The van der Waals surface area contributed by atoms with E-state index < -0.39 is 28.0 Å². The molecule has 1 aromatic rings. The predicted octanol–water partition coefficient (Wildman–Crippen LogP) is 3.01. The van der Waals surface area contributed by atoms with Crippen molar-refractivity contribution in [3.05, 3.63) is 38.8 Å². The molecule has 0 saturated heterocycles. The van der Waals surface area contributed by atoms with Crippen LogP contribution in [0.3, 0.4) is 0 Å². The molecule has 0 N–H and O–H groups in total. The van der Waals surface area contributed by atoms with E-state index in [-0.39, 0.29) is 0 Å². The van der Waals surface area contributed by atoms with Crippen molar-refractivity contribution in [1.82, 2.24) is 0 Å². The second-order valence-corrected chi connectivity index (χ2v) is 2.55. The molecule has 0 radical (unpaired) electrons. The lowest BCUT2D eigenvalue weighted by molar-refractivity contribution is -0.388. The van der Waals surface area contributed by atoms with Gasteiger partial charge in [-0.3, -0.25) is 10.1 Å². The third-order valence-corrected chi connectivity index (χ3v) is 1.59. The first-order chi connectivity index (χ1) is 6.86. The first kappa shape index (κ1) is 11.1. The van der Waals surface area contributed by atoms with Gasteiger partial charge in [0.2, 0.25) is 0 Å². The Labute approximate surface area is 80.6 Å². The summed E-state index contributed by atoms with van der Waals surface area (Å²) < 4.78 is 36.8. The molecule has 0 spiro atoms. The smallest absolute Gasteiger partial charge is 0.258 e. The van der Waals surface area contributed by atoms with E-state index in [9.17, 15) is 28.2 Å². The van der Waals surface area contributed by atoms with Gasteiger partial charge in [0.15, 0.2) is 0 Å². The van der Waals surface area contributed by atoms with Crippen LogP contribution in [-0.2, 0) is 6.18 Å². The topological polar surface area (TPSA) is 72.6 Å². The van der Waals surface area contributed by atoms with Crippen LogP contribution in [0.4, 0.5) is 24.5 Å². The zero-order chi connectivity index (χ0) is 11.6. The SMILES string of the molecule is O=Nc1ccc([N+](=O)[O-])c(C(F)(F)F)c1. The van der Waals surface area contributed by atoms with Crippen LogP contribution in [0.15, 0.2) is 23.4 Å². The Kier molecular flexibility index (Phi) is 2.69. The molecule has 0 heterocycles. The highest BCUT2D eigenvalue weighted by Gasteiger charge is 2.38. The summed E-state index contributed by atoms with van der Waals surface area (Å²) >= 11 is 0. The quantitative estimate of drug-likeness (QED) is 0.436. The number of rotatable bonds is 2. The molecule has 0 aliphatic rings. The highest BCUT2D eigenvalue weighted by molar-refractivity contribution is 5.52. The highest BCUT2D eigenvalue weighted by atomic mass is 19.4. The van der Waals surface area contributed by atoms with Crippen LogP contribution in [0.2, 0.25) is 0 Å². The molecule has 0 atom stereocenters. The van der Waals surface area contributed by atoms with Gasteiger partial charge in [0.1, 0.15) is 11.3 Å². The fourth-order valence-electron chi connectivity index (χ4n) is 0.967. The van der Waals surface area contributed by atoms with Crippen molar-refractivity contribution < 1.29 is 18.1 Å². The summed E-state index contributed by atoms with van der Waals surface area (Å²) in [5.41, 5.74) is -3.09. The summed E-state index contributed by atoms with van der Waals surface area (Å²) in [6.45, 7) is 0. The van der Waals surface area contributed by atoms with E-state index in [1.807, 2.05) is 0 Å². The van der Waals surface area contributed by atoms with Gasteiger partial charge < -0.3 is 0 Å². The van der Waals surface area contributed by atoms with Gasteiger partial charge in [-0.05, 0) is 17.3 Å². The minimum Gasteiger partial charge on any atom is -0.258 e. The average molecular weight is 220 g/mol. The third-order valence-electron chi connectivity index (χ3n) is 1.59. The largest absolute Gasteiger partial charge is 0.423 e. The number of benzene rings is 1. The van der Waals surface area contributed by atoms with E-state index in [0.717, 1.165) is 6.07 Å². The monoisotopic (exact) mass is 220 g/mol. The average Bonchev–Trinajstić information content (AvgIpc) is 2.15. The van der Waals surface area contributed by atoms with Crippen LogP contribution < -0.4 is 0 Å². The molecule has 0 bridgehead atoms. The number of hydrogen-bond donors (Lipinski definition) is 0. The Morgan fingerprint density at radius 2 is 1.93 bits per heavy atom. The molecule has 80 valence electrons. The lowest BCUT2D eigenvalue weighted by Crippen LogP contribution is -2.08. The van der Waals surface area contributed by atoms with E-state index >= 15 is 0 Å². The van der Waals surface area contributed by atoms with Gasteiger partial charge in [0, 0.05) is 6.07 Å². The van der Waals surface area contributed by atoms with Crippen LogP contribution in [-0.4, -0.2) is 4.92 Å². The molecule has 0 aromatic heterocycles. The first-order valence-corrected chi connectivity index (χ1v) is 3.55. The molecular formula is C7H3F3N2O3. The van der Waals surface area contributed by atoms with Gasteiger partial charge in [0.25, 0.3) is 5.69 Å². The Balaban J connectivity index is 3.42. The Bertz CT molecular complexity index is 416. The van der Waals surface area contributed by atoms with E-state index in [0.29, 0.717) is 12.1 Å². The summed E-state index contributed by atoms with van der Waals surface area (Å²) in [5.74, 6) is 0. The van der Waals surface area contributed by atoms with Crippen LogP contribution in [0, 0.1) is 15.0 Å². The summed E-state index contributed by atoms with van der Waals surface area (Å²) in [4.78, 5) is 19.1. The van der Waals surface area contributed by atoms with Crippen molar-refractivity contribution in [1.29, 1.82) is 0 Å². The van der Waals surface area contributed by atoms with Gasteiger partial charge in [-0.2, -0.15) is 13.2 Å². The molecular weight excluding hydrogens is 217 g/mol. The summed E-state index contributed by atoms with van der Waals surface area (Å²) in [6, 6.07) is 1.78. The van der Waals surface area contributed by atoms with Crippen molar-refractivity contribution in [3.8, 4) is 0 Å². The maximum Gasteiger partial charge on any atom is 0.423 e. The Morgan fingerprint density at radius 3 is 2.33 bits per heavy atom. The second kappa shape index (κ2) is 3.64. The van der Waals surface area contributed by atoms with Gasteiger partial charge in [-0.1, -0.05) is 0 Å². The fourth-order valence-corrected chi connectivity index (χ4v) is 0.967. The van der Waals surface area contributed by atoms with Gasteiger partial charge in [-0.25, -0.2) is 0 Å². The summed E-state index contributed by atoms with van der Waals surface area (Å²) in [7, 11) is 0. The number of halogens is 3. The lowest BCUT2D eigenvalue weighted by Gasteiger charge is -2.06. The van der Waals surface area contributed by atoms with Crippen LogP contribution >= 0.6 is 0 Å². The normalized spacial score (nSPS) is 11.1. The minimum atomic E-state index is -4.89. The standard InChI is InChI=1S/C7H3F3N2O3/c8-7(9,10)5-3-4(11-13)1-2-6(5)12(14)15/h1-3H. The molecule has 0 unspecified atom stereocenters. The highest BCUT2D eigenvalue weighted by Crippen LogP contribution is 2.37. The molecule has 0 fully saturated rings. The second-order valence-electron chi connectivity index (χ2n) is 2.55. The molecule has 0 aliphatic carbocycles. The fraction of sp³-hybridized carbons (Fsp3) is 0.143. The number of hydrogen-bond acceptors (Lipinski definition) is 4. The van der Waals surface area contributed by atoms with Crippen molar-refractivity contribution in [2.45, 2.75) is 6.18 Å². The summed E-state index contributed by atoms with van der Waals surface area (Å²) in [6.07, 6.45) is -4.89. The molecule has 15 heavy (non-hydrogen) atoms. The van der Waals surface area contributed by atoms with Gasteiger partial charge in [0.05, 0.1) is 4.92 Å². The molecule has 5 nitrogen and oxygen atoms in total. The minimum absolute atomic E-state index is 0.338. The van der Waals surface area contributed by atoms with E-state index in [1.165, 1.54) is 0 Å². The van der Waals surface area contributed by atoms with E-state index in [4.69, 9.17) is 0 Å². The number of nitro benzene ring substituents is 1. The van der Waals surface area contributed by atoms with Crippen molar-refractivity contribution in [2.24, 2.45) is 5.18 Å². The zero-order valence-electron chi connectivity index (χ0n) is 6.99. The number of nitrogens with zero attached hydrogens (tertiary/aromatic N) is 2. The maximum absolute atomic E-state index is 12.3. The molecule has 0 amide bonds. The number of alkyl halides is 3. The summed E-state index contributed by atoms with van der Waals surface area (Å²) in [5, 5.41) is 12.5. The van der Waals surface area contributed by atoms with Crippen molar-refractivity contribution in [3.63, 3.8) is 0 Å². The Hall–Kier alpha value is -1.99. The lowest BCUT2D eigenvalue weighted by atomic mass is 10.1. The molecule has 8 heteroatoms. The molecule has 0 aliphatic heterocycles. The van der Waals surface area contributed by atoms with Crippen LogP contribution in [0.25, 0.3) is 0 Å². The van der Waals surface area contributed by atoms with E-state index in [2.05, 4.69) is 5.18 Å². The van der Waals surface area contributed by atoms with Crippen molar-refractivity contribution >= 4 is 11.4 Å². The molecule has 1 aromatic carbocycles. The van der Waals surface area contributed by atoms with E-state index in [1.54, 1.807) is 0 Å². The van der Waals surface area contributed by atoms with Gasteiger partial charge >= 0.3 is 6.18 Å². The maximum atomic E-state index is 12.3. The predicted molar refractivity (Wildman–Crippen MR) is 43.6 cm³/mol. The Morgan fingerprint density at radius 1 is 1.33 bits per heavy atom. The van der Waals surface area contributed by atoms with Crippen LogP contribution in [0.1, 0.15) is 5.56 Å². The van der Waals surface area contributed by atoms with Crippen LogP contribution in [0.5, 0.6) is 0 Å². The number of nitroso groups, excluding NO2 is 1. The molecule has 1 rings (SSSR count). The number of nitro groups is 1. The first-order valence-electron chi connectivity index (χ1n) is 3.55. The molecule has 0 saturated carbocycles. The van der Waals surface area contributed by atoms with Crippen molar-refractivity contribution in [2.75, 3.05) is 0 Å². The third kappa shape index (κ3) is 2.27. The van der Waals surface area contributed by atoms with Gasteiger partial charge in [-0.15, -0.1) is 4.91 Å².